The molecular formula is C17H23NO5S. The topological polar surface area (TPSA) is 89.5 Å². The fraction of sp³-hybridized carbons (Fsp3) is 0.529. The van der Waals surface area contributed by atoms with Gasteiger partial charge < -0.3 is 4.74 Å². The van der Waals surface area contributed by atoms with Crippen LogP contribution in [0.2, 0.25) is 0 Å². The molecular weight excluding hydrogens is 330 g/mol. The van der Waals surface area contributed by atoms with Gasteiger partial charge in [-0.25, -0.2) is 17.9 Å². The van der Waals surface area contributed by atoms with Crippen molar-refractivity contribution in [1.82, 2.24) is 4.72 Å². The summed E-state index contributed by atoms with van der Waals surface area (Å²) in [5.41, 5.74) is 0.232. The lowest BCUT2D eigenvalue weighted by molar-refractivity contribution is -0.129. The molecule has 1 N–H and O–H groups in total. The highest BCUT2D eigenvalue weighted by molar-refractivity contribution is 7.89. The molecule has 0 spiro atoms. The number of ether oxygens (including phenoxy) is 1. The third-order valence-corrected chi connectivity index (χ3v) is 5.72. The predicted molar refractivity (Wildman–Crippen MR) is 89.2 cm³/mol. The summed E-state index contributed by atoms with van der Waals surface area (Å²) in [6, 6.07) is 5.37. The zero-order valence-corrected chi connectivity index (χ0v) is 14.8. The first-order chi connectivity index (χ1) is 11.3. The Morgan fingerprint density at radius 1 is 1.29 bits per heavy atom. The van der Waals surface area contributed by atoms with E-state index in [1.165, 1.54) is 24.3 Å². The van der Waals surface area contributed by atoms with Crippen LogP contribution < -0.4 is 4.72 Å². The summed E-state index contributed by atoms with van der Waals surface area (Å²) >= 11 is 0. The van der Waals surface area contributed by atoms with Gasteiger partial charge >= 0.3 is 5.97 Å². The van der Waals surface area contributed by atoms with E-state index < -0.39 is 22.1 Å². The summed E-state index contributed by atoms with van der Waals surface area (Å²) in [7, 11) is -3.61. The maximum atomic E-state index is 12.2. The molecule has 0 unspecified atom stereocenters. The highest BCUT2D eigenvalue weighted by atomic mass is 32.2. The molecule has 2 rings (SSSR count). The second kappa shape index (κ2) is 7.90. The van der Waals surface area contributed by atoms with Crippen molar-refractivity contribution in [3.8, 4) is 0 Å². The Morgan fingerprint density at radius 2 is 1.96 bits per heavy atom. The van der Waals surface area contributed by atoms with Crippen molar-refractivity contribution in [2.24, 2.45) is 0 Å². The Morgan fingerprint density at radius 3 is 2.54 bits per heavy atom. The van der Waals surface area contributed by atoms with Gasteiger partial charge in [-0.1, -0.05) is 6.92 Å². The molecule has 24 heavy (non-hydrogen) atoms. The largest absolute Gasteiger partial charge is 0.451 e. The maximum Gasteiger partial charge on any atom is 0.338 e. The quantitative estimate of drug-likeness (QED) is 0.793. The number of carbonyl (C=O) groups excluding carboxylic acids is 2. The van der Waals surface area contributed by atoms with Gasteiger partial charge in [0.1, 0.15) is 0 Å². The van der Waals surface area contributed by atoms with Crippen molar-refractivity contribution >= 4 is 21.8 Å². The predicted octanol–water partition coefficient (Wildman–Crippen LogP) is 2.43. The van der Waals surface area contributed by atoms with Crippen LogP contribution >= 0.6 is 0 Å². The molecule has 0 aliphatic heterocycles. The van der Waals surface area contributed by atoms with Crippen LogP contribution in [0, 0.1) is 0 Å². The maximum absolute atomic E-state index is 12.2. The van der Waals surface area contributed by atoms with E-state index in [9.17, 15) is 18.0 Å². The SMILES string of the molecule is CC[C@H](C)NS(=O)(=O)c1ccc(C(=O)O[C@H]2CCCCC2=O)cc1. The summed E-state index contributed by atoms with van der Waals surface area (Å²) < 4.78 is 32.1. The van der Waals surface area contributed by atoms with Crippen molar-refractivity contribution in [2.75, 3.05) is 0 Å². The van der Waals surface area contributed by atoms with E-state index in [1.54, 1.807) is 6.92 Å². The molecule has 1 aromatic rings. The summed E-state index contributed by atoms with van der Waals surface area (Å²) in [5.74, 6) is -0.652. The Bertz CT molecular complexity index is 696. The van der Waals surface area contributed by atoms with Gasteiger partial charge in [0.25, 0.3) is 0 Å². The van der Waals surface area contributed by atoms with Gasteiger partial charge in [0.15, 0.2) is 11.9 Å². The molecule has 0 radical (unpaired) electrons. The van der Waals surface area contributed by atoms with E-state index in [0.717, 1.165) is 12.8 Å². The van der Waals surface area contributed by atoms with Crippen LogP contribution in [0.5, 0.6) is 0 Å². The summed E-state index contributed by atoms with van der Waals surface area (Å²) in [5, 5.41) is 0. The highest BCUT2D eigenvalue weighted by Gasteiger charge is 2.26. The van der Waals surface area contributed by atoms with Crippen molar-refractivity contribution in [2.45, 2.75) is 63.0 Å². The number of ketones is 1. The standard InChI is InChI=1S/C17H23NO5S/c1-3-12(2)18-24(21,22)14-10-8-13(9-11-14)17(20)23-16-7-5-4-6-15(16)19/h8-12,16,18H,3-7H2,1-2H3/t12-,16-/m0/s1. The van der Waals surface area contributed by atoms with Crippen molar-refractivity contribution in [1.29, 1.82) is 0 Å². The van der Waals surface area contributed by atoms with Gasteiger partial charge in [0.05, 0.1) is 10.5 Å². The Balaban J connectivity index is 2.05. The number of sulfonamides is 1. The van der Waals surface area contributed by atoms with Gasteiger partial charge in [-0.15, -0.1) is 0 Å². The molecule has 0 saturated heterocycles. The molecule has 0 heterocycles. The number of nitrogens with one attached hydrogen (secondary N) is 1. The molecule has 1 saturated carbocycles. The molecule has 6 nitrogen and oxygen atoms in total. The Kier molecular flexibility index (Phi) is 6.12. The van der Waals surface area contributed by atoms with E-state index >= 15 is 0 Å². The van der Waals surface area contributed by atoms with E-state index in [4.69, 9.17) is 4.74 Å². The summed E-state index contributed by atoms with van der Waals surface area (Å²) in [4.78, 5) is 23.9. The molecule has 1 aromatic carbocycles. The Labute approximate surface area is 142 Å². The molecule has 7 heteroatoms. The molecule has 1 aliphatic carbocycles. The third kappa shape index (κ3) is 4.64. The minimum absolute atomic E-state index is 0.0495. The third-order valence-electron chi connectivity index (χ3n) is 4.12. The zero-order chi connectivity index (χ0) is 17.7. The smallest absolute Gasteiger partial charge is 0.338 e. The zero-order valence-electron chi connectivity index (χ0n) is 13.9. The molecule has 0 amide bonds. The first-order valence-corrected chi connectivity index (χ1v) is 9.68. The highest BCUT2D eigenvalue weighted by Crippen LogP contribution is 2.19. The van der Waals surface area contributed by atoms with Crippen molar-refractivity contribution in [3.05, 3.63) is 29.8 Å². The van der Waals surface area contributed by atoms with Gasteiger partial charge in [0.2, 0.25) is 10.0 Å². The molecule has 0 bridgehead atoms. The normalized spacial score (nSPS) is 19.8. The van der Waals surface area contributed by atoms with Gasteiger partial charge in [-0.3, -0.25) is 4.79 Å². The molecule has 2 atom stereocenters. The van der Waals surface area contributed by atoms with E-state index in [-0.39, 0.29) is 22.3 Å². The number of carbonyl (C=O) groups is 2. The number of benzene rings is 1. The minimum Gasteiger partial charge on any atom is -0.451 e. The average molecular weight is 353 g/mol. The van der Waals surface area contributed by atoms with Crippen LogP contribution in [-0.4, -0.2) is 32.3 Å². The lowest BCUT2D eigenvalue weighted by Crippen LogP contribution is -2.32. The van der Waals surface area contributed by atoms with Gasteiger partial charge in [0, 0.05) is 12.5 Å². The Hall–Kier alpha value is -1.73. The van der Waals surface area contributed by atoms with Crippen LogP contribution in [0.3, 0.4) is 0 Å². The van der Waals surface area contributed by atoms with Crippen LogP contribution in [0.4, 0.5) is 0 Å². The lowest BCUT2D eigenvalue weighted by atomic mass is 9.96. The second-order valence-corrected chi connectivity index (χ2v) is 7.77. The van der Waals surface area contributed by atoms with Crippen LogP contribution in [0.15, 0.2) is 29.2 Å². The van der Waals surface area contributed by atoms with Crippen LogP contribution in [0.1, 0.15) is 56.3 Å². The molecule has 132 valence electrons. The molecule has 1 fully saturated rings. The number of esters is 1. The summed E-state index contributed by atoms with van der Waals surface area (Å²) in [6.07, 6.45) is 2.69. The molecule has 1 aliphatic rings. The lowest BCUT2D eigenvalue weighted by Gasteiger charge is -2.20. The first-order valence-electron chi connectivity index (χ1n) is 8.19. The average Bonchev–Trinajstić information content (AvgIpc) is 2.56. The van der Waals surface area contributed by atoms with Gasteiger partial charge in [-0.2, -0.15) is 0 Å². The van der Waals surface area contributed by atoms with E-state index in [0.29, 0.717) is 19.3 Å². The van der Waals surface area contributed by atoms with Gasteiger partial charge in [-0.05, 0) is 56.9 Å². The fourth-order valence-corrected chi connectivity index (χ4v) is 3.79. The number of hydrogen-bond donors (Lipinski definition) is 1. The van der Waals surface area contributed by atoms with Crippen molar-refractivity contribution < 1.29 is 22.7 Å². The number of rotatable bonds is 6. The molecule has 0 aromatic heterocycles. The number of hydrogen-bond acceptors (Lipinski definition) is 5. The monoisotopic (exact) mass is 353 g/mol. The first kappa shape index (κ1) is 18.6. The summed E-state index contributed by atoms with van der Waals surface area (Å²) in [6.45, 7) is 3.67. The van der Waals surface area contributed by atoms with Crippen LogP contribution in [0.25, 0.3) is 0 Å². The van der Waals surface area contributed by atoms with Crippen LogP contribution in [-0.2, 0) is 19.6 Å². The minimum atomic E-state index is -3.61. The van der Waals surface area contributed by atoms with E-state index in [1.807, 2.05) is 6.92 Å². The number of Topliss-reactive ketones (excluding diaryl/α,β-unsaturated/α-hetero) is 1. The van der Waals surface area contributed by atoms with E-state index in [2.05, 4.69) is 4.72 Å². The second-order valence-electron chi connectivity index (χ2n) is 6.06. The van der Waals surface area contributed by atoms with Crippen molar-refractivity contribution in [3.63, 3.8) is 0 Å². The fourth-order valence-electron chi connectivity index (χ4n) is 2.46.